The molecule has 0 bridgehead atoms. The second kappa shape index (κ2) is 7.12. The zero-order valence-corrected chi connectivity index (χ0v) is 11.1. The Labute approximate surface area is 114 Å². The van der Waals surface area contributed by atoms with Gasteiger partial charge in [0.25, 0.3) is 0 Å². The van der Waals surface area contributed by atoms with Crippen LogP contribution < -0.4 is 10.6 Å². The van der Waals surface area contributed by atoms with Crippen LogP contribution in [-0.4, -0.2) is 46.0 Å². The Morgan fingerprint density at radius 3 is 2.70 bits per heavy atom. The first kappa shape index (κ1) is 15.5. The molecule has 0 aliphatic rings. The molecule has 1 heterocycles. The number of esters is 1. The van der Waals surface area contributed by atoms with Crippen LogP contribution in [0.3, 0.4) is 0 Å². The number of hydrogen-bond donors (Lipinski definition) is 3. The van der Waals surface area contributed by atoms with Gasteiger partial charge in [0.15, 0.2) is 0 Å². The lowest BCUT2D eigenvalue weighted by Crippen LogP contribution is -2.47. The lowest BCUT2D eigenvalue weighted by molar-refractivity contribution is -0.147. The summed E-state index contributed by atoms with van der Waals surface area (Å²) >= 11 is 0. The average molecular weight is 284 g/mol. The summed E-state index contributed by atoms with van der Waals surface area (Å²) in [4.78, 5) is 33.5. The summed E-state index contributed by atoms with van der Waals surface area (Å²) in [5.74, 6) is -2.03. The van der Waals surface area contributed by atoms with Crippen molar-refractivity contribution in [3.63, 3.8) is 0 Å². The van der Waals surface area contributed by atoms with Crippen molar-refractivity contribution in [2.75, 3.05) is 7.11 Å². The van der Waals surface area contributed by atoms with Crippen molar-refractivity contribution in [2.45, 2.75) is 19.0 Å². The fraction of sp³-hybridized carbons (Fsp3) is 0.455. The minimum Gasteiger partial charge on any atom is -0.480 e. The van der Waals surface area contributed by atoms with Crippen molar-refractivity contribution in [2.24, 2.45) is 7.05 Å². The quantitative estimate of drug-likeness (QED) is 0.590. The van der Waals surface area contributed by atoms with Crippen LogP contribution in [0.5, 0.6) is 0 Å². The first-order valence-electron chi connectivity index (χ1n) is 5.75. The second-order valence-corrected chi connectivity index (χ2v) is 3.94. The molecule has 1 atom stereocenters. The maximum Gasteiger partial charge on any atom is 0.326 e. The van der Waals surface area contributed by atoms with Gasteiger partial charge in [-0.1, -0.05) is 0 Å². The van der Waals surface area contributed by atoms with Gasteiger partial charge in [-0.15, -0.1) is 0 Å². The van der Waals surface area contributed by atoms with E-state index < -0.39 is 30.4 Å². The number of carbonyl (C=O) groups excluding carboxylic acids is 2. The van der Waals surface area contributed by atoms with E-state index in [1.807, 2.05) is 0 Å². The molecular formula is C11H16N4O5. The molecule has 0 saturated heterocycles. The van der Waals surface area contributed by atoms with Gasteiger partial charge in [0.2, 0.25) is 0 Å². The summed E-state index contributed by atoms with van der Waals surface area (Å²) in [7, 11) is 2.86. The number of nitrogens with one attached hydrogen (secondary N) is 2. The van der Waals surface area contributed by atoms with E-state index in [-0.39, 0.29) is 6.54 Å². The molecule has 0 unspecified atom stereocenters. The molecule has 9 nitrogen and oxygen atoms in total. The highest BCUT2D eigenvalue weighted by molar-refractivity contribution is 5.86. The van der Waals surface area contributed by atoms with Gasteiger partial charge in [0.1, 0.15) is 6.04 Å². The largest absolute Gasteiger partial charge is 0.480 e. The standard InChI is InChI=1S/C11H16N4O5/c1-15-7(3-4-13-15)6-12-11(19)14-8(10(17)18)5-9(16)20-2/h3-4,8H,5-6H2,1-2H3,(H,17,18)(H2,12,14,19)/t8-/m0/s1. The van der Waals surface area contributed by atoms with Crippen LogP contribution in [0.25, 0.3) is 0 Å². The summed E-state index contributed by atoms with van der Waals surface area (Å²) in [6.07, 6.45) is 1.14. The van der Waals surface area contributed by atoms with Crippen molar-refractivity contribution in [1.29, 1.82) is 0 Å². The number of carboxylic acid groups (broad SMARTS) is 1. The van der Waals surface area contributed by atoms with Gasteiger partial charge in [0.05, 0.1) is 25.8 Å². The predicted octanol–water partition coefficient (Wildman–Crippen LogP) is -0.764. The Morgan fingerprint density at radius 2 is 2.20 bits per heavy atom. The van der Waals surface area contributed by atoms with Crippen LogP contribution in [0.15, 0.2) is 12.3 Å². The number of carboxylic acids is 1. The van der Waals surface area contributed by atoms with Crippen LogP contribution in [0.4, 0.5) is 4.79 Å². The number of urea groups is 1. The summed E-state index contributed by atoms with van der Waals surface area (Å²) in [6.45, 7) is 0.187. The molecular weight excluding hydrogens is 268 g/mol. The van der Waals surface area contributed by atoms with Crippen molar-refractivity contribution < 1.29 is 24.2 Å². The molecule has 20 heavy (non-hydrogen) atoms. The summed E-state index contributed by atoms with van der Waals surface area (Å²) in [5, 5.41) is 17.5. The Kier molecular flexibility index (Phi) is 5.51. The van der Waals surface area contributed by atoms with Crippen molar-refractivity contribution in [3.8, 4) is 0 Å². The maximum absolute atomic E-state index is 11.6. The van der Waals surface area contributed by atoms with E-state index in [9.17, 15) is 14.4 Å². The Bertz CT molecular complexity index is 499. The van der Waals surface area contributed by atoms with Crippen molar-refractivity contribution >= 4 is 18.0 Å². The zero-order valence-electron chi connectivity index (χ0n) is 11.1. The molecule has 0 saturated carbocycles. The second-order valence-electron chi connectivity index (χ2n) is 3.94. The molecule has 1 aromatic rings. The average Bonchev–Trinajstić information content (AvgIpc) is 2.80. The third-order valence-corrected chi connectivity index (χ3v) is 2.55. The third-order valence-electron chi connectivity index (χ3n) is 2.55. The van der Waals surface area contributed by atoms with Gasteiger partial charge < -0.3 is 20.5 Å². The lowest BCUT2D eigenvalue weighted by Gasteiger charge is -2.14. The normalized spacial score (nSPS) is 11.5. The summed E-state index contributed by atoms with van der Waals surface area (Å²) in [5.41, 5.74) is 0.750. The summed E-state index contributed by atoms with van der Waals surface area (Å²) in [6, 6.07) is -0.319. The molecule has 0 radical (unpaired) electrons. The minimum atomic E-state index is -1.34. The van der Waals surface area contributed by atoms with Gasteiger partial charge in [0, 0.05) is 13.2 Å². The molecule has 1 aromatic heterocycles. The monoisotopic (exact) mass is 284 g/mol. The maximum atomic E-state index is 11.6. The van der Waals surface area contributed by atoms with E-state index in [1.165, 1.54) is 0 Å². The van der Waals surface area contributed by atoms with E-state index in [2.05, 4.69) is 20.5 Å². The molecule has 0 fully saturated rings. The first-order chi connectivity index (χ1) is 9.43. The number of nitrogens with zero attached hydrogens (tertiary/aromatic N) is 2. The zero-order chi connectivity index (χ0) is 15.1. The molecule has 2 amide bonds. The number of ether oxygens (including phenoxy) is 1. The van der Waals surface area contributed by atoms with Gasteiger partial charge in [-0.05, 0) is 6.07 Å². The van der Waals surface area contributed by atoms with Crippen LogP contribution in [0.1, 0.15) is 12.1 Å². The van der Waals surface area contributed by atoms with Gasteiger partial charge in [-0.3, -0.25) is 9.48 Å². The number of hydrogen-bond acceptors (Lipinski definition) is 5. The highest BCUT2D eigenvalue weighted by Crippen LogP contribution is 1.97. The number of carbonyl (C=O) groups is 3. The smallest absolute Gasteiger partial charge is 0.326 e. The van der Waals surface area contributed by atoms with E-state index in [1.54, 1.807) is 24.0 Å². The van der Waals surface area contributed by atoms with Crippen LogP contribution in [0, 0.1) is 0 Å². The van der Waals surface area contributed by atoms with E-state index in [0.29, 0.717) is 0 Å². The Balaban J connectivity index is 2.48. The first-order valence-corrected chi connectivity index (χ1v) is 5.75. The van der Waals surface area contributed by atoms with Crippen molar-refractivity contribution in [1.82, 2.24) is 20.4 Å². The molecule has 110 valence electrons. The van der Waals surface area contributed by atoms with Crippen molar-refractivity contribution in [3.05, 3.63) is 18.0 Å². The number of rotatable bonds is 6. The predicted molar refractivity (Wildman–Crippen MR) is 66.6 cm³/mol. The fourth-order valence-corrected chi connectivity index (χ4v) is 1.40. The van der Waals surface area contributed by atoms with Crippen LogP contribution in [0.2, 0.25) is 0 Å². The highest BCUT2D eigenvalue weighted by atomic mass is 16.5. The molecule has 9 heteroatoms. The van der Waals surface area contributed by atoms with Gasteiger partial charge in [-0.25, -0.2) is 9.59 Å². The molecule has 0 aliphatic heterocycles. The van der Waals surface area contributed by atoms with Gasteiger partial charge in [-0.2, -0.15) is 5.10 Å². The lowest BCUT2D eigenvalue weighted by atomic mass is 10.2. The number of aromatic nitrogens is 2. The number of methoxy groups -OCH3 is 1. The molecule has 0 spiro atoms. The molecule has 3 N–H and O–H groups in total. The van der Waals surface area contributed by atoms with E-state index in [0.717, 1.165) is 12.8 Å². The molecule has 0 aliphatic carbocycles. The van der Waals surface area contributed by atoms with Crippen LogP contribution >= 0.6 is 0 Å². The van der Waals surface area contributed by atoms with E-state index >= 15 is 0 Å². The van der Waals surface area contributed by atoms with E-state index in [4.69, 9.17) is 5.11 Å². The topological polar surface area (TPSA) is 123 Å². The summed E-state index contributed by atoms with van der Waals surface area (Å²) < 4.78 is 5.93. The fourth-order valence-electron chi connectivity index (χ4n) is 1.40. The SMILES string of the molecule is COC(=O)C[C@H](NC(=O)NCc1ccnn1C)C(=O)O. The Hall–Kier alpha value is -2.58. The molecule has 1 rings (SSSR count). The van der Waals surface area contributed by atoms with Crippen LogP contribution in [-0.2, 0) is 27.9 Å². The highest BCUT2D eigenvalue weighted by Gasteiger charge is 2.23. The Morgan fingerprint density at radius 1 is 1.50 bits per heavy atom. The number of amides is 2. The number of aryl methyl sites for hydroxylation is 1. The minimum absolute atomic E-state index is 0.187. The third kappa shape index (κ3) is 4.59. The number of aliphatic carboxylic acids is 1. The molecule has 0 aromatic carbocycles. The van der Waals surface area contributed by atoms with Gasteiger partial charge >= 0.3 is 18.0 Å².